The third kappa shape index (κ3) is 6.11. The molecule has 3 heteroatoms. The van der Waals surface area contributed by atoms with Crippen molar-refractivity contribution in [3.8, 4) is 0 Å². The van der Waals surface area contributed by atoms with Crippen molar-refractivity contribution < 1.29 is 16.5 Å². The predicted molar refractivity (Wildman–Crippen MR) is 83.1 cm³/mol. The van der Waals surface area contributed by atoms with Crippen LogP contribution in [0.5, 0.6) is 0 Å². The second-order valence-corrected chi connectivity index (χ2v) is 6.80. The van der Waals surface area contributed by atoms with Gasteiger partial charge in [-0.2, -0.15) is 0 Å². The van der Waals surface area contributed by atoms with Gasteiger partial charge in [-0.25, -0.2) is 0 Å². The molecule has 0 fully saturated rings. The summed E-state index contributed by atoms with van der Waals surface area (Å²) in [5.74, 6) is 0. The van der Waals surface area contributed by atoms with Crippen LogP contribution in [0.25, 0.3) is 0 Å². The number of hydrogen-bond donors (Lipinski definition) is 0. The molecule has 2 atom stereocenters. The molecule has 0 nitrogen and oxygen atoms in total. The molecule has 0 aliphatic rings. The van der Waals surface area contributed by atoms with E-state index in [1.807, 2.05) is 0 Å². The molecular formula is C15H18NiP2. The van der Waals surface area contributed by atoms with Crippen molar-refractivity contribution in [2.75, 3.05) is 12.3 Å². The van der Waals surface area contributed by atoms with Gasteiger partial charge in [-0.05, 0) is 29.4 Å². The van der Waals surface area contributed by atoms with Crippen LogP contribution in [0.2, 0.25) is 0 Å². The van der Waals surface area contributed by atoms with E-state index in [-0.39, 0.29) is 16.5 Å². The molecule has 0 radical (unpaired) electrons. The van der Waals surface area contributed by atoms with Crippen LogP contribution >= 0.6 is 17.2 Å². The van der Waals surface area contributed by atoms with Crippen molar-refractivity contribution in [2.45, 2.75) is 6.42 Å². The van der Waals surface area contributed by atoms with Gasteiger partial charge in [-0.1, -0.05) is 77.8 Å². The molecule has 0 aliphatic heterocycles. The zero-order valence-corrected chi connectivity index (χ0v) is 13.2. The minimum Gasteiger partial charge on any atom is -0.0904 e. The fourth-order valence-corrected chi connectivity index (χ4v) is 4.16. The summed E-state index contributed by atoms with van der Waals surface area (Å²) in [6, 6.07) is 21.6. The quantitative estimate of drug-likeness (QED) is 0.435. The minimum atomic E-state index is 0. The molecule has 18 heavy (non-hydrogen) atoms. The largest absolute Gasteiger partial charge is 0.0904 e. The molecule has 0 amide bonds. The van der Waals surface area contributed by atoms with Gasteiger partial charge in [0.25, 0.3) is 0 Å². The van der Waals surface area contributed by atoms with Gasteiger partial charge in [0.2, 0.25) is 0 Å². The van der Waals surface area contributed by atoms with Crippen molar-refractivity contribution in [3.05, 3.63) is 60.7 Å². The fraction of sp³-hybridized carbons (Fsp3) is 0.200. The molecular weight excluding hydrogens is 301 g/mol. The number of hydrogen-bond acceptors (Lipinski definition) is 0. The molecule has 2 rings (SSSR count). The fourth-order valence-electron chi connectivity index (χ4n) is 1.67. The summed E-state index contributed by atoms with van der Waals surface area (Å²) in [6.45, 7) is 0. The van der Waals surface area contributed by atoms with E-state index < -0.39 is 0 Å². The maximum atomic E-state index is 2.23. The zero-order chi connectivity index (χ0) is 11.8. The Balaban J connectivity index is 0.00000162. The average Bonchev–Trinajstić information content (AvgIpc) is 2.41. The van der Waals surface area contributed by atoms with E-state index in [4.69, 9.17) is 0 Å². The molecule has 2 aromatic carbocycles. The Kier molecular flexibility index (Phi) is 8.53. The smallest absolute Gasteiger partial charge is 0 e. The number of rotatable bonds is 6. The predicted octanol–water partition coefficient (Wildman–Crippen LogP) is 3.38. The van der Waals surface area contributed by atoms with Crippen LogP contribution < -0.4 is 10.6 Å². The van der Waals surface area contributed by atoms with Crippen LogP contribution in [0.4, 0.5) is 0 Å². The van der Waals surface area contributed by atoms with Gasteiger partial charge in [0.1, 0.15) is 0 Å². The van der Waals surface area contributed by atoms with Gasteiger partial charge < -0.3 is 0 Å². The van der Waals surface area contributed by atoms with Crippen LogP contribution in [0.3, 0.4) is 0 Å². The van der Waals surface area contributed by atoms with Gasteiger partial charge in [0, 0.05) is 16.5 Å². The van der Waals surface area contributed by atoms with Crippen LogP contribution in [0.15, 0.2) is 60.7 Å². The molecule has 0 saturated carbocycles. The molecule has 0 aliphatic carbocycles. The van der Waals surface area contributed by atoms with Crippen molar-refractivity contribution >= 4 is 27.8 Å². The Bertz CT molecular complexity index is 376. The summed E-state index contributed by atoms with van der Waals surface area (Å²) >= 11 is 0. The van der Waals surface area contributed by atoms with Crippen LogP contribution in [-0.2, 0) is 16.5 Å². The van der Waals surface area contributed by atoms with Gasteiger partial charge in [-0.15, -0.1) is 0 Å². The van der Waals surface area contributed by atoms with E-state index in [0.29, 0.717) is 0 Å². The minimum absolute atomic E-state index is 0. The van der Waals surface area contributed by atoms with E-state index in [1.54, 1.807) is 0 Å². The van der Waals surface area contributed by atoms with E-state index >= 15 is 0 Å². The summed E-state index contributed by atoms with van der Waals surface area (Å²) in [7, 11) is 1.95. The maximum Gasteiger partial charge on any atom is 0 e. The van der Waals surface area contributed by atoms with E-state index in [2.05, 4.69) is 60.7 Å². The molecule has 2 aromatic rings. The van der Waals surface area contributed by atoms with Gasteiger partial charge >= 0.3 is 0 Å². The standard InChI is InChI=1S/C15H18P2.Ni/c1-3-8-14(9-4-1)16-12-7-13-17-15-10-5-2-6-11-15;/h1-6,8-11,16-17H,7,12-13H2;. The van der Waals surface area contributed by atoms with E-state index in [9.17, 15) is 0 Å². The average molecular weight is 319 g/mol. The summed E-state index contributed by atoms with van der Waals surface area (Å²) in [5, 5.41) is 2.99. The maximum absolute atomic E-state index is 2.23. The Morgan fingerprint density at radius 3 is 1.39 bits per heavy atom. The molecule has 0 spiro atoms. The third-order valence-electron chi connectivity index (χ3n) is 2.56. The Labute approximate surface area is 123 Å². The molecule has 0 N–H and O–H groups in total. The second-order valence-electron chi connectivity index (χ2n) is 3.94. The van der Waals surface area contributed by atoms with Crippen molar-refractivity contribution in [2.24, 2.45) is 0 Å². The first-order valence-electron chi connectivity index (χ1n) is 6.03. The summed E-state index contributed by atoms with van der Waals surface area (Å²) < 4.78 is 0. The van der Waals surface area contributed by atoms with Crippen LogP contribution in [0, 0.1) is 0 Å². The van der Waals surface area contributed by atoms with Crippen molar-refractivity contribution in [1.29, 1.82) is 0 Å². The van der Waals surface area contributed by atoms with Gasteiger partial charge in [0.15, 0.2) is 0 Å². The van der Waals surface area contributed by atoms with Gasteiger partial charge in [-0.3, -0.25) is 0 Å². The molecule has 0 heterocycles. The summed E-state index contributed by atoms with van der Waals surface area (Å²) in [6.07, 6.45) is 4.02. The van der Waals surface area contributed by atoms with Crippen LogP contribution in [0.1, 0.15) is 6.42 Å². The Hall–Kier alpha value is -0.206. The molecule has 0 aromatic heterocycles. The SMILES string of the molecule is [Ni].c1ccc(PCCCPc2ccccc2)cc1. The van der Waals surface area contributed by atoms with E-state index in [1.165, 1.54) is 29.4 Å². The molecule has 98 valence electrons. The van der Waals surface area contributed by atoms with Crippen LogP contribution in [-0.4, -0.2) is 12.3 Å². The third-order valence-corrected chi connectivity index (χ3v) is 5.25. The Morgan fingerprint density at radius 2 is 1.00 bits per heavy atom. The van der Waals surface area contributed by atoms with Crippen molar-refractivity contribution in [3.63, 3.8) is 0 Å². The summed E-state index contributed by atoms with van der Waals surface area (Å²) in [4.78, 5) is 0. The topological polar surface area (TPSA) is 0 Å². The second kappa shape index (κ2) is 9.69. The first kappa shape index (κ1) is 15.8. The normalized spacial score (nSPS) is 11.1. The zero-order valence-electron chi connectivity index (χ0n) is 10.2. The molecule has 0 bridgehead atoms. The Morgan fingerprint density at radius 1 is 0.611 bits per heavy atom. The molecule has 0 saturated heterocycles. The molecule has 2 unspecified atom stereocenters. The van der Waals surface area contributed by atoms with Gasteiger partial charge in [0.05, 0.1) is 0 Å². The van der Waals surface area contributed by atoms with Crippen molar-refractivity contribution in [1.82, 2.24) is 0 Å². The monoisotopic (exact) mass is 318 g/mol. The first-order chi connectivity index (χ1) is 8.45. The first-order valence-corrected chi connectivity index (χ1v) is 8.44. The number of benzene rings is 2. The summed E-state index contributed by atoms with van der Waals surface area (Å²) in [5.41, 5.74) is 0. The van der Waals surface area contributed by atoms with E-state index in [0.717, 1.165) is 17.2 Å².